The Hall–Kier alpha value is -2.30. The van der Waals surface area contributed by atoms with Crippen LogP contribution >= 0.6 is 0 Å². The highest BCUT2D eigenvalue weighted by Gasteiger charge is 2.05. The van der Waals surface area contributed by atoms with Crippen molar-refractivity contribution < 1.29 is 0 Å². The summed E-state index contributed by atoms with van der Waals surface area (Å²) in [6, 6.07) is 9.22. The number of aliphatic imine (C=N–C) groups is 1. The second-order valence-corrected chi connectivity index (χ2v) is 3.95. The van der Waals surface area contributed by atoms with Crippen LogP contribution in [0.5, 0.6) is 0 Å². The van der Waals surface area contributed by atoms with E-state index in [9.17, 15) is 4.79 Å². The number of hydrogen-bond acceptors (Lipinski definition) is 4. The number of anilines is 1. The number of pyridine rings is 1. The highest BCUT2D eigenvalue weighted by molar-refractivity contribution is 5.82. The maximum absolute atomic E-state index is 11.2. The van der Waals surface area contributed by atoms with Crippen molar-refractivity contribution in [1.82, 2.24) is 9.99 Å². The molecule has 86 valence electrons. The first kappa shape index (κ1) is 9.89. The molecule has 0 amide bonds. The van der Waals surface area contributed by atoms with E-state index in [1.165, 1.54) is 6.07 Å². The number of fused-ring (bicyclic) bond motifs is 1. The van der Waals surface area contributed by atoms with Crippen molar-refractivity contribution >= 4 is 22.9 Å². The molecule has 1 aromatic heterocycles. The lowest BCUT2D eigenvalue weighted by Gasteiger charge is -2.16. The Balaban J connectivity index is 1.95. The Bertz CT molecular complexity index is 632. The third kappa shape index (κ3) is 1.99. The molecule has 0 unspecified atom stereocenters. The Kier molecular flexibility index (Phi) is 2.29. The molecule has 5 heteroatoms. The number of nitrogens with one attached hydrogen (secondary N) is 2. The maximum atomic E-state index is 11.2. The van der Waals surface area contributed by atoms with E-state index >= 15 is 0 Å². The Labute approximate surface area is 97.8 Å². The Morgan fingerprint density at radius 3 is 3.00 bits per heavy atom. The van der Waals surface area contributed by atoms with Crippen LogP contribution in [0.4, 0.5) is 5.69 Å². The van der Waals surface area contributed by atoms with Gasteiger partial charge in [0.1, 0.15) is 6.34 Å². The molecule has 1 aliphatic heterocycles. The summed E-state index contributed by atoms with van der Waals surface area (Å²) in [5.74, 6) is 0. The van der Waals surface area contributed by atoms with Crippen molar-refractivity contribution in [2.75, 3.05) is 18.5 Å². The highest BCUT2D eigenvalue weighted by Crippen LogP contribution is 2.16. The first-order valence-corrected chi connectivity index (χ1v) is 5.48. The minimum absolute atomic E-state index is 0.0858. The molecule has 0 saturated carbocycles. The summed E-state index contributed by atoms with van der Waals surface area (Å²) in [5.41, 5.74) is 4.90. The van der Waals surface area contributed by atoms with Gasteiger partial charge in [-0.1, -0.05) is 6.07 Å². The van der Waals surface area contributed by atoms with Gasteiger partial charge in [0, 0.05) is 6.07 Å². The van der Waals surface area contributed by atoms with E-state index < -0.39 is 0 Å². The summed E-state index contributed by atoms with van der Waals surface area (Å²) in [6.45, 7) is 1.68. The molecule has 2 heterocycles. The number of aromatic nitrogens is 1. The first-order chi connectivity index (χ1) is 8.31. The zero-order valence-electron chi connectivity index (χ0n) is 9.18. The van der Waals surface area contributed by atoms with Crippen molar-refractivity contribution in [1.29, 1.82) is 0 Å². The van der Waals surface area contributed by atoms with Crippen LogP contribution in [0.25, 0.3) is 10.9 Å². The molecule has 2 aromatic rings. The van der Waals surface area contributed by atoms with Gasteiger partial charge in [-0.3, -0.25) is 20.2 Å². The summed E-state index contributed by atoms with van der Waals surface area (Å²) in [7, 11) is 0. The molecule has 5 nitrogen and oxygen atoms in total. The molecule has 0 fully saturated rings. The molecule has 0 radical (unpaired) electrons. The zero-order valence-corrected chi connectivity index (χ0v) is 9.18. The van der Waals surface area contributed by atoms with Gasteiger partial charge in [-0.25, -0.2) is 0 Å². The van der Waals surface area contributed by atoms with Crippen LogP contribution in [0, 0.1) is 0 Å². The van der Waals surface area contributed by atoms with Crippen LogP contribution < -0.4 is 11.0 Å². The number of nitrogens with zero attached hydrogens (tertiary/aromatic N) is 2. The van der Waals surface area contributed by atoms with Crippen LogP contribution in [0.2, 0.25) is 0 Å². The second kappa shape index (κ2) is 3.93. The second-order valence-electron chi connectivity index (χ2n) is 3.95. The lowest BCUT2D eigenvalue weighted by atomic mass is 10.2. The molecule has 0 atom stereocenters. The summed E-state index contributed by atoms with van der Waals surface area (Å²) in [5, 5.41) is 2.94. The monoisotopic (exact) mass is 228 g/mol. The fraction of sp³-hybridized carbons (Fsp3) is 0.167. The molecule has 17 heavy (non-hydrogen) atoms. The van der Waals surface area contributed by atoms with Crippen LogP contribution in [0.3, 0.4) is 0 Å². The predicted molar refractivity (Wildman–Crippen MR) is 68.3 cm³/mol. The SMILES string of the molecule is O=c1ccc2ccc(NN3C=NCC3)cc2[nH]1. The standard InChI is InChI=1S/C12H12N4O/c17-12-4-2-9-1-3-10(7-11(9)14-12)15-16-6-5-13-8-16/h1-4,7-8,15H,5-6H2,(H,14,17). The lowest BCUT2D eigenvalue weighted by Crippen LogP contribution is -2.26. The topological polar surface area (TPSA) is 60.5 Å². The largest absolute Gasteiger partial charge is 0.322 e. The van der Waals surface area contributed by atoms with Gasteiger partial charge >= 0.3 is 0 Å². The molecule has 2 N–H and O–H groups in total. The van der Waals surface area contributed by atoms with Crippen LogP contribution in [-0.4, -0.2) is 29.4 Å². The van der Waals surface area contributed by atoms with E-state index in [-0.39, 0.29) is 5.56 Å². The van der Waals surface area contributed by atoms with Crippen LogP contribution in [0.1, 0.15) is 0 Å². The minimum Gasteiger partial charge on any atom is -0.322 e. The van der Waals surface area contributed by atoms with Gasteiger partial charge in [0.05, 0.1) is 24.3 Å². The summed E-state index contributed by atoms with van der Waals surface area (Å²) >= 11 is 0. The van der Waals surface area contributed by atoms with E-state index in [1.807, 2.05) is 29.3 Å². The Morgan fingerprint density at radius 1 is 1.29 bits per heavy atom. The average Bonchev–Trinajstić information content (AvgIpc) is 2.81. The van der Waals surface area contributed by atoms with Gasteiger partial charge in [0.15, 0.2) is 0 Å². The summed E-state index contributed by atoms with van der Waals surface area (Å²) in [6.07, 6.45) is 1.78. The summed E-state index contributed by atoms with van der Waals surface area (Å²) in [4.78, 5) is 18.2. The maximum Gasteiger partial charge on any atom is 0.248 e. The molecular weight excluding hydrogens is 216 g/mol. The molecule has 1 aliphatic rings. The number of hydrazine groups is 1. The van der Waals surface area contributed by atoms with E-state index in [0.717, 1.165) is 29.7 Å². The van der Waals surface area contributed by atoms with Crippen molar-refractivity contribution in [2.24, 2.45) is 4.99 Å². The predicted octanol–water partition coefficient (Wildman–Crippen LogP) is 1.20. The van der Waals surface area contributed by atoms with Gasteiger partial charge in [-0.15, -0.1) is 0 Å². The number of hydrogen-bond donors (Lipinski definition) is 2. The Morgan fingerprint density at radius 2 is 2.18 bits per heavy atom. The number of H-pyrrole nitrogens is 1. The number of benzene rings is 1. The van der Waals surface area contributed by atoms with Crippen molar-refractivity contribution in [3.8, 4) is 0 Å². The van der Waals surface area contributed by atoms with Gasteiger partial charge in [0.2, 0.25) is 5.56 Å². The lowest BCUT2D eigenvalue weighted by molar-refractivity contribution is 0.557. The molecule has 0 bridgehead atoms. The zero-order chi connectivity index (χ0) is 11.7. The van der Waals surface area contributed by atoms with Gasteiger partial charge in [-0.05, 0) is 23.6 Å². The summed E-state index contributed by atoms with van der Waals surface area (Å²) < 4.78 is 0. The van der Waals surface area contributed by atoms with E-state index in [0.29, 0.717) is 0 Å². The van der Waals surface area contributed by atoms with Crippen molar-refractivity contribution in [2.45, 2.75) is 0 Å². The minimum atomic E-state index is -0.0858. The first-order valence-electron chi connectivity index (χ1n) is 5.48. The van der Waals surface area contributed by atoms with Gasteiger partial charge < -0.3 is 4.98 Å². The van der Waals surface area contributed by atoms with E-state index in [4.69, 9.17) is 0 Å². The third-order valence-electron chi connectivity index (χ3n) is 2.69. The molecule has 0 spiro atoms. The molecule has 0 aliphatic carbocycles. The van der Waals surface area contributed by atoms with Crippen LogP contribution in [0.15, 0.2) is 40.1 Å². The normalized spacial score (nSPS) is 14.5. The molecule has 1 aromatic carbocycles. The fourth-order valence-corrected chi connectivity index (χ4v) is 1.85. The third-order valence-corrected chi connectivity index (χ3v) is 2.69. The molecule has 0 saturated heterocycles. The smallest absolute Gasteiger partial charge is 0.248 e. The fourth-order valence-electron chi connectivity index (χ4n) is 1.85. The van der Waals surface area contributed by atoms with Crippen molar-refractivity contribution in [3.05, 3.63) is 40.7 Å². The van der Waals surface area contributed by atoms with Crippen molar-refractivity contribution in [3.63, 3.8) is 0 Å². The van der Waals surface area contributed by atoms with E-state index in [1.54, 1.807) is 6.34 Å². The van der Waals surface area contributed by atoms with Gasteiger partial charge in [-0.2, -0.15) is 0 Å². The van der Waals surface area contributed by atoms with E-state index in [2.05, 4.69) is 15.4 Å². The average molecular weight is 228 g/mol. The van der Waals surface area contributed by atoms with Gasteiger partial charge in [0.25, 0.3) is 0 Å². The highest BCUT2D eigenvalue weighted by atomic mass is 16.1. The number of rotatable bonds is 2. The molecule has 3 rings (SSSR count). The van der Waals surface area contributed by atoms with Crippen LogP contribution in [-0.2, 0) is 0 Å². The quantitative estimate of drug-likeness (QED) is 0.812. The molecular formula is C12H12N4O. The number of aromatic amines is 1.